The molecule has 0 nitrogen and oxygen atoms in total. The number of halogens is 3. The minimum atomic E-state index is -0.253. The fourth-order valence-electron chi connectivity index (χ4n) is 3.02. The number of allylic oxidation sites excluding steroid dienone is 4. The van der Waals surface area contributed by atoms with Crippen molar-refractivity contribution in [1.82, 2.24) is 0 Å². The monoisotopic (exact) mass is 422 g/mol. The quantitative estimate of drug-likeness (QED) is 0.385. The molecule has 2 rings (SSSR count). The third-order valence-corrected chi connectivity index (χ3v) is 7.11. The van der Waals surface area contributed by atoms with Crippen molar-refractivity contribution in [2.75, 3.05) is 0 Å². The van der Waals surface area contributed by atoms with Gasteiger partial charge in [-0.1, -0.05) is 0 Å². The van der Waals surface area contributed by atoms with Crippen LogP contribution in [0.2, 0.25) is 0 Å². The zero-order valence-corrected chi connectivity index (χ0v) is 19.2. The van der Waals surface area contributed by atoms with Crippen molar-refractivity contribution in [3.8, 4) is 0 Å². The van der Waals surface area contributed by atoms with Gasteiger partial charge in [-0.05, 0) is 0 Å². The molecule has 1 aliphatic carbocycles. The number of rotatable bonds is 7. The molecule has 1 aromatic rings. The summed E-state index contributed by atoms with van der Waals surface area (Å²) in [4.78, 5) is 0. The zero-order chi connectivity index (χ0) is 14.4. The Labute approximate surface area is 174 Å². The molecule has 0 radical (unpaired) electrons. The first-order chi connectivity index (χ1) is 9.76. The molecule has 1 aliphatic rings. The van der Waals surface area contributed by atoms with E-state index in [-0.39, 0.29) is 46.7 Å². The van der Waals surface area contributed by atoms with Crippen LogP contribution < -0.4 is 42.4 Å². The first-order valence-corrected chi connectivity index (χ1v) is 10.1. The zero-order valence-electron chi connectivity index (χ0n) is 14.0. The molecule has 0 N–H and O–H groups in total. The summed E-state index contributed by atoms with van der Waals surface area (Å²) < 4.78 is 1.65. The second kappa shape index (κ2) is 13.8. The molecule has 0 aliphatic heterocycles. The van der Waals surface area contributed by atoms with Crippen molar-refractivity contribution in [2.24, 2.45) is 0 Å². The third kappa shape index (κ3) is 7.50. The molecule has 0 saturated carbocycles. The van der Waals surface area contributed by atoms with E-state index in [1.807, 2.05) is 5.20 Å². The normalized spacial score (nSPS) is 13.9. The maximum Gasteiger partial charge on any atom is -1.00 e. The Bertz CT molecular complexity index is 512. The van der Waals surface area contributed by atoms with Crippen LogP contribution >= 0.6 is 0 Å². The summed E-state index contributed by atoms with van der Waals surface area (Å²) in [5.41, 5.74) is 3.47. The van der Waals surface area contributed by atoms with E-state index in [0.717, 1.165) is 0 Å². The van der Waals surface area contributed by atoms with Crippen molar-refractivity contribution < 1.29 is 57.7 Å². The average molecular weight is 424 g/mol. The molecule has 5 heteroatoms. The van der Waals surface area contributed by atoms with E-state index in [0.29, 0.717) is 0 Å². The van der Waals surface area contributed by atoms with Crippen LogP contribution in [0.25, 0.3) is 0 Å². The predicted octanol–water partition coefficient (Wildman–Crippen LogP) is -5.06. The van der Waals surface area contributed by atoms with Crippen molar-refractivity contribution in [2.45, 2.75) is 52.4 Å². The van der Waals surface area contributed by atoms with Gasteiger partial charge in [-0.25, -0.2) is 0 Å². The van der Waals surface area contributed by atoms with Gasteiger partial charge in [0.2, 0.25) is 0 Å². The summed E-state index contributed by atoms with van der Waals surface area (Å²) in [7, 11) is -0.253. The van der Waals surface area contributed by atoms with Gasteiger partial charge < -0.3 is 37.2 Å². The summed E-state index contributed by atoms with van der Waals surface area (Å²) in [6, 6.07) is 11.2. The molecule has 0 bridgehead atoms. The maximum absolute atomic E-state index is 2.38. The molecule has 0 atom stereocenters. The van der Waals surface area contributed by atoms with Gasteiger partial charge in [-0.15, -0.1) is 0 Å². The van der Waals surface area contributed by atoms with Crippen LogP contribution in [0.1, 0.15) is 52.4 Å². The second-order valence-electron chi connectivity index (χ2n) is 5.75. The molecular weight excluding hydrogens is 399 g/mol. The molecule has 1 aromatic carbocycles. The van der Waals surface area contributed by atoms with Gasteiger partial charge in [-0.2, -0.15) is 0 Å². The summed E-state index contributed by atoms with van der Waals surface area (Å²) in [5, 5.41) is 3.42. The molecule has 0 aromatic heterocycles. The standard InChI is InChI=1S/C18H25Si.3ClH.Ti/c1-3-5-10-16-13-15(9-4-2)14-18(16)19-17-11-7-6-8-12-17;;;;/h6-8,11-12H,3-5,9-10,14,19H2,1-2H3;3*1H;/q;;;;+3/p-3. The van der Waals surface area contributed by atoms with Gasteiger partial charge in [0, 0.05) is 0 Å². The third-order valence-electron chi connectivity index (χ3n) is 4.10. The SMILES string of the molecule is CCCCC1=C([SiH2]c2ccccc2)CC(CCC)=[C]1[Ti+3].[Cl-].[Cl-].[Cl-]. The van der Waals surface area contributed by atoms with Crippen LogP contribution in [0.15, 0.2) is 50.6 Å². The fourth-order valence-corrected chi connectivity index (χ4v) is 6.10. The Morgan fingerprint density at radius 2 is 1.61 bits per heavy atom. The average Bonchev–Trinajstić information content (AvgIpc) is 2.74. The van der Waals surface area contributed by atoms with Crippen LogP contribution in [0.5, 0.6) is 0 Å². The largest absolute Gasteiger partial charge is 1.00 e. The van der Waals surface area contributed by atoms with E-state index < -0.39 is 0 Å². The molecule has 0 saturated heterocycles. The van der Waals surface area contributed by atoms with E-state index >= 15 is 0 Å². The Morgan fingerprint density at radius 3 is 2.17 bits per heavy atom. The van der Waals surface area contributed by atoms with E-state index in [2.05, 4.69) is 64.6 Å². The smallest absolute Gasteiger partial charge is 1.00 e. The van der Waals surface area contributed by atoms with E-state index in [1.165, 1.54) is 38.5 Å². The molecule has 0 fully saturated rings. The number of hydrogen-bond donors (Lipinski definition) is 0. The first kappa shape index (κ1) is 25.7. The Morgan fingerprint density at radius 1 is 0.957 bits per heavy atom. The van der Waals surface area contributed by atoms with Crippen LogP contribution in [0.3, 0.4) is 0 Å². The van der Waals surface area contributed by atoms with Crippen LogP contribution in [-0.4, -0.2) is 9.52 Å². The minimum absolute atomic E-state index is 0. The Hall–Kier alpha value is 0.501. The van der Waals surface area contributed by atoms with Crippen molar-refractivity contribution in [1.29, 1.82) is 0 Å². The van der Waals surface area contributed by atoms with Gasteiger partial charge in [0.25, 0.3) is 0 Å². The number of unbranched alkanes of at least 4 members (excludes halogenated alkanes) is 1. The number of benzene rings is 1. The summed E-state index contributed by atoms with van der Waals surface area (Å²) in [5.74, 6) is 0. The molecule has 23 heavy (non-hydrogen) atoms. The van der Waals surface area contributed by atoms with Crippen LogP contribution in [0.4, 0.5) is 0 Å². The maximum atomic E-state index is 2.38. The molecule has 0 heterocycles. The molecule has 0 amide bonds. The molecule has 0 spiro atoms. The fraction of sp³-hybridized carbons (Fsp3) is 0.444. The van der Waals surface area contributed by atoms with E-state index in [9.17, 15) is 0 Å². The summed E-state index contributed by atoms with van der Waals surface area (Å²) >= 11 is 2.38. The Kier molecular flexibility index (Phi) is 15.4. The topological polar surface area (TPSA) is 0 Å². The van der Waals surface area contributed by atoms with Crippen molar-refractivity contribution >= 4 is 14.7 Å². The van der Waals surface area contributed by atoms with Gasteiger partial charge >= 0.3 is 138 Å². The van der Waals surface area contributed by atoms with Crippen molar-refractivity contribution in [3.63, 3.8) is 0 Å². The van der Waals surface area contributed by atoms with Gasteiger partial charge in [0.15, 0.2) is 0 Å². The van der Waals surface area contributed by atoms with E-state index in [1.54, 1.807) is 20.2 Å². The van der Waals surface area contributed by atoms with Gasteiger partial charge in [-0.3, -0.25) is 0 Å². The summed E-state index contributed by atoms with van der Waals surface area (Å²) in [6.45, 7) is 4.61. The van der Waals surface area contributed by atoms with E-state index in [4.69, 9.17) is 0 Å². The Balaban J connectivity index is 0. The van der Waals surface area contributed by atoms with Gasteiger partial charge in [0.1, 0.15) is 0 Å². The van der Waals surface area contributed by atoms with Gasteiger partial charge in [0.05, 0.1) is 0 Å². The van der Waals surface area contributed by atoms with Crippen molar-refractivity contribution in [3.05, 3.63) is 50.6 Å². The first-order valence-electron chi connectivity index (χ1n) is 7.95. The van der Waals surface area contributed by atoms with Crippen LogP contribution in [-0.2, 0) is 20.4 Å². The minimum Gasteiger partial charge on any atom is -1.00 e. The molecule has 0 unspecified atom stereocenters. The number of hydrogen-bond acceptors (Lipinski definition) is 0. The second-order valence-corrected chi connectivity index (χ2v) is 8.56. The van der Waals surface area contributed by atoms with Crippen LogP contribution in [0, 0.1) is 0 Å². The predicted molar refractivity (Wildman–Crippen MR) is 87.7 cm³/mol. The summed E-state index contributed by atoms with van der Waals surface area (Å²) in [6.07, 6.45) is 7.84. The molecular formula is C18H25Cl3SiTi. The molecule has 126 valence electrons.